The molecule has 0 aliphatic heterocycles. The van der Waals surface area contributed by atoms with E-state index in [1.54, 1.807) is 29.8 Å². The van der Waals surface area contributed by atoms with Crippen molar-refractivity contribution in [3.63, 3.8) is 0 Å². The highest BCUT2D eigenvalue weighted by atomic mass is 35.5. The van der Waals surface area contributed by atoms with E-state index >= 15 is 0 Å². The van der Waals surface area contributed by atoms with E-state index in [-0.39, 0.29) is 5.57 Å². The van der Waals surface area contributed by atoms with Gasteiger partial charge in [0, 0.05) is 21.6 Å². The van der Waals surface area contributed by atoms with Gasteiger partial charge >= 0.3 is 0 Å². The van der Waals surface area contributed by atoms with E-state index in [2.05, 4.69) is 10.3 Å². The zero-order valence-electron chi connectivity index (χ0n) is 9.93. The molecule has 1 N–H and O–H groups in total. The van der Waals surface area contributed by atoms with Crippen LogP contribution in [0.1, 0.15) is 5.56 Å². The van der Waals surface area contributed by atoms with Gasteiger partial charge in [-0.05, 0) is 23.8 Å². The van der Waals surface area contributed by atoms with E-state index in [0.717, 1.165) is 0 Å². The van der Waals surface area contributed by atoms with Crippen molar-refractivity contribution in [1.82, 2.24) is 4.98 Å². The second-order valence-electron chi connectivity index (χ2n) is 3.63. The normalized spacial score (nSPS) is 10.9. The van der Waals surface area contributed by atoms with Crippen molar-refractivity contribution < 1.29 is 4.79 Å². The van der Waals surface area contributed by atoms with Gasteiger partial charge in [0.25, 0.3) is 5.91 Å². The van der Waals surface area contributed by atoms with Gasteiger partial charge in [0.2, 0.25) is 0 Å². The van der Waals surface area contributed by atoms with Crippen molar-refractivity contribution in [2.75, 3.05) is 5.32 Å². The second-order valence-corrected chi connectivity index (χ2v) is 5.37. The van der Waals surface area contributed by atoms with Crippen molar-refractivity contribution in [3.05, 3.63) is 51.0 Å². The summed E-state index contributed by atoms with van der Waals surface area (Å²) in [5.41, 5.74) is 0.478. The molecule has 0 bridgehead atoms. The molecule has 2 aromatic rings. The van der Waals surface area contributed by atoms with Crippen LogP contribution < -0.4 is 5.32 Å². The first-order valence-electron chi connectivity index (χ1n) is 5.38. The summed E-state index contributed by atoms with van der Waals surface area (Å²) in [6, 6.07) is 6.65. The number of carbonyl (C=O) groups is 1. The summed E-state index contributed by atoms with van der Waals surface area (Å²) < 4.78 is 0. The van der Waals surface area contributed by atoms with Crippen molar-refractivity contribution in [2.24, 2.45) is 0 Å². The minimum absolute atomic E-state index is 0.0653. The van der Waals surface area contributed by atoms with Crippen LogP contribution in [0.2, 0.25) is 10.0 Å². The number of thiazole rings is 1. The van der Waals surface area contributed by atoms with Crippen LogP contribution in [-0.4, -0.2) is 10.9 Å². The van der Waals surface area contributed by atoms with Crippen LogP contribution in [0, 0.1) is 11.3 Å². The SMILES string of the molecule is N#CC(=Cc1ccc(Cl)cc1Cl)C(=O)Nc1nccs1. The Morgan fingerprint density at radius 2 is 2.25 bits per heavy atom. The van der Waals surface area contributed by atoms with Gasteiger partial charge in [-0.3, -0.25) is 10.1 Å². The summed E-state index contributed by atoms with van der Waals surface area (Å²) in [7, 11) is 0. The number of nitrogens with zero attached hydrogens (tertiary/aromatic N) is 2. The molecule has 20 heavy (non-hydrogen) atoms. The second kappa shape index (κ2) is 6.53. The molecule has 1 amide bonds. The number of nitriles is 1. The van der Waals surface area contributed by atoms with Gasteiger partial charge < -0.3 is 0 Å². The average Bonchev–Trinajstić information content (AvgIpc) is 2.90. The number of carbonyl (C=O) groups excluding carboxylic acids is 1. The molecule has 0 saturated carbocycles. The quantitative estimate of drug-likeness (QED) is 0.685. The standard InChI is InChI=1S/C13H7Cl2N3OS/c14-10-2-1-8(11(15)6-10)5-9(7-16)12(19)18-13-17-3-4-20-13/h1-6H,(H,17,18,19). The molecule has 2 rings (SSSR count). The molecule has 0 radical (unpaired) electrons. The number of rotatable bonds is 3. The Morgan fingerprint density at radius 3 is 2.85 bits per heavy atom. The van der Waals surface area contributed by atoms with Gasteiger partial charge in [-0.2, -0.15) is 5.26 Å². The van der Waals surface area contributed by atoms with Gasteiger partial charge in [0.15, 0.2) is 5.13 Å². The highest BCUT2D eigenvalue weighted by Crippen LogP contribution is 2.23. The Balaban J connectivity index is 2.25. The van der Waals surface area contributed by atoms with Crippen LogP contribution in [0.25, 0.3) is 6.08 Å². The van der Waals surface area contributed by atoms with Crippen LogP contribution in [0.15, 0.2) is 35.3 Å². The van der Waals surface area contributed by atoms with Gasteiger partial charge in [-0.1, -0.05) is 29.3 Å². The first kappa shape index (κ1) is 14.5. The Kier molecular flexibility index (Phi) is 4.74. The predicted octanol–water partition coefficient (Wildman–Crippen LogP) is 4.00. The molecule has 0 spiro atoms. The molecule has 0 fully saturated rings. The zero-order valence-corrected chi connectivity index (χ0v) is 12.3. The lowest BCUT2D eigenvalue weighted by Gasteiger charge is -2.02. The fourth-order valence-electron chi connectivity index (χ4n) is 1.37. The molecular formula is C13H7Cl2N3OS. The number of nitrogens with one attached hydrogen (secondary N) is 1. The Bertz CT molecular complexity index is 705. The van der Waals surface area contributed by atoms with E-state index in [4.69, 9.17) is 28.5 Å². The summed E-state index contributed by atoms with van der Waals surface area (Å²) in [5, 5.41) is 14.6. The summed E-state index contributed by atoms with van der Waals surface area (Å²) >= 11 is 13.1. The third-order valence-corrected chi connectivity index (χ3v) is 3.53. The molecule has 1 aromatic carbocycles. The van der Waals surface area contributed by atoms with Crippen molar-refractivity contribution in [2.45, 2.75) is 0 Å². The number of amides is 1. The molecule has 0 saturated heterocycles. The third kappa shape index (κ3) is 3.58. The van der Waals surface area contributed by atoms with Crippen molar-refractivity contribution in [3.8, 4) is 6.07 Å². The number of halogens is 2. The number of anilines is 1. The lowest BCUT2D eigenvalue weighted by Crippen LogP contribution is -2.13. The monoisotopic (exact) mass is 323 g/mol. The molecule has 4 nitrogen and oxygen atoms in total. The fraction of sp³-hybridized carbons (Fsp3) is 0. The fourth-order valence-corrected chi connectivity index (χ4v) is 2.36. The van der Waals surface area contributed by atoms with Gasteiger partial charge in [-0.15, -0.1) is 11.3 Å². The molecular weight excluding hydrogens is 317 g/mol. The molecule has 7 heteroatoms. The van der Waals surface area contributed by atoms with Crippen molar-refractivity contribution >= 4 is 51.7 Å². The van der Waals surface area contributed by atoms with Gasteiger partial charge in [-0.25, -0.2) is 4.98 Å². The van der Waals surface area contributed by atoms with E-state index in [9.17, 15) is 4.79 Å². The maximum absolute atomic E-state index is 11.9. The van der Waals surface area contributed by atoms with E-state index in [1.807, 2.05) is 6.07 Å². The molecule has 0 unspecified atom stereocenters. The van der Waals surface area contributed by atoms with E-state index < -0.39 is 5.91 Å². The number of hydrogen-bond acceptors (Lipinski definition) is 4. The largest absolute Gasteiger partial charge is 0.297 e. The van der Waals surface area contributed by atoms with Crippen LogP contribution in [0.4, 0.5) is 5.13 Å². The average molecular weight is 324 g/mol. The number of aromatic nitrogens is 1. The number of benzene rings is 1. The smallest absolute Gasteiger partial charge is 0.268 e. The Labute approximate surface area is 129 Å². The minimum atomic E-state index is -0.534. The molecule has 1 heterocycles. The van der Waals surface area contributed by atoms with Crippen molar-refractivity contribution in [1.29, 1.82) is 5.26 Å². The summed E-state index contributed by atoms with van der Waals surface area (Å²) in [6.45, 7) is 0. The highest BCUT2D eigenvalue weighted by Gasteiger charge is 2.11. The van der Waals surface area contributed by atoms with Crippen LogP contribution in [0.5, 0.6) is 0 Å². The topological polar surface area (TPSA) is 65.8 Å². The number of hydrogen-bond donors (Lipinski definition) is 1. The Hall–Kier alpha value is -1.87. The third-order valence-electron chi connectivity index (χ3n) is 2.28. The highest BCUT2D eigenvalue weighted by molar-refractivity contribution is 7.13. The molecule has 1 aromatic heterocycles. The summed E-state index contributed by atoms with van der Waals surface area (Å²) in [5.74, 6) is -0.534. The summed E-state index contributed by atoms with van der Waals surface area (Å²) in [4.78, 5) is 15.8. The maximum atomic E-state index is 11.9. The molecule has 100 valence electrons. The lowest BCUT2D eigenvalue weighted by atomic mass is 10.1. The maximum Gasteiger partial charge on any atom is 0.268 e. The lowest BCUT2D eigenvalue weighted by molar-refractivity contribution is -0.112. The van der Waals surface area contributed by atoms with E-state index in [1.165, 1.54) is 17.4 Å². The Morgan fingerprint density at radius 1 is 1.45 bits per heavy atom. The zero-order chi connectivity index (χ0) is 14.5. The summed E-state index contributed by atoms with van der Waals surface area (Å²) in [6.07, 6.45) is 2.97. The minimum Gasteiger partial charge on any atom is -0.297 e. The first-order valence-corrected chi connectivity index (χ1v) is 7.01. The van der Waals surface area contributed by atoms with Crippen LogP contribution in [0.3, 0.4) is 0 Å². The molecule has 0 atom stereocenters. The van der Waals surface area contributed by atoms with Crippen LogP contribution in [-0.2, 0) is 4.79 Å². The predicted molar refractivity (Wildman–Crippen MR) is 80.8 cm³/mol. The first-order chi connectivity index (χ1) is 9.60. The van der Waals surface area contributed by atoms with Crippen LogP contribution >= 0.6 is 34.5 Å². The molecule has 0 aliphatic carbocycles. The molecule has 0 aliphatic rings. The van der Waals surface area contributed by atoms with Gasteiger partial charge in [0.05, 0.1) is 0 Å². The van der Waals surface area contributed by atoms with Gasteiger partial charge in [0.1, 0.15) is 11.6 Å². The van der Waals surface area contributed by atoms with E-state index in [0.29, 0.717) is 20.7 Å².